The first-order chi connectivity index (χ1) is 25.1. The lowest BCUT2D eigenvalue weighted by atomic mass is 10.1. The average Bonchev–Trinajstić information content (AvgIpc) is 3.59. The molecule has 2 atom stereocenters. The first-order valence-corrected chi connectivity index (χ1v) is 18.6. The first kappa shape index (κ1) is 34.2. The average molecular weight is 779 g/mol. The molecule has 0 aromatic carbocycles. The second-order valence-electron chi connectivity index (χ2n) is 14.6. The zero-order valence-corrected chi connectivity index (χ0v) is 32.4. The van der Waals surface area contributed by atoms with Crippen molar-refractivity contribution >= 4 is 116 Å². The molecule has 0 saturated heterocycles. The molecule has 0 saturated carbocycles. The number of hydrogen-bond acceptors (Lipinski definition) is 6. The highest BCUT2D eigenvalue weighted by Crippen LogP contribution is 2.40. The molecular formula is C41H32Cl4N8. The summed E-state index contributed by atoms with van der Waals surface area (Å²) in [6.45, 7) is 7.72. The van der Waals surface area contributed by atoms with Crippen LogP contribution in [0.2, 0.25) is 0 Å². The standard InChI is InChI=1S/C41H32Cl4N8/c1-38(42)14-6-22-23(7-15-38)31-46-30(22)47-32-24-8-16-39(2,43)18-10-26(24)34(49-32)51-36-28-12-20-41(4,45)21-13-29(28)37(53(36)5)52-35-27-11-19-40(3,44)17-9-25(27)33(48-31)50-35/h6-21H,1-5H3,(H,46,47,48,49,50,51,52). The van der Waals surface area contributed by atoms with Gasteiger partial charge < -0.3 is 9.55 Å². The third-order valence-corrected chi connectivity index (χ3v) is 10.9. The van der Waals surface area contributed by atoms with Gasteiger partial charge in [-0.2, -0.15) is 0 Å². The Balaban J connectivity index is 1.47. The lowest BCUT2D eigenvalue weighted by Crippen LogP contribution is -2.06. The summed E-state index contributed by atoms with van der Waals surface area (Å²) >= 11 is 27.4. The third kappa shape index (κ3) is 6.02. The van der Waals surface area contributed by atoms with Gasteiger partial charge in [-0.1, -0.05) is 97.2 Å². The van der Waals surface area contributed by atoms with Crippen molar-refractivity contribution in [3.63, 3.8) is 0 Å². The molecule has 8 nitrogen and oxygen atoms in total. The van der Waals surface area contributed by atoms with Gasteiger partial charge in [-0.3, -0.25) is 0 Å². The fourth-order valence-corrected chi connectivity index (χ4v) is 7.35. The quantitative estimate of drug-likeness (QED) is 0.228. The van der Waals surface area contributed by atoms with Gasteiger partial charge in [-0.05, 0) is 27.7 Å². The van der Waals surface area contributed by atoms with Crippen molar-refractivity contribution in [2.45, 2.75) is 47.2 Å². The Labute approximate surface area is 326 Å². The van der Waals surface area contributed by atoms with Crippen LogP contribution < -0.4 is 0 Å². The van der Waals surface area contributed by atoms with E-state index in [0.717, 1.165) is 44.5 Å². The summed E-state index contributed by atoms with van der Waals surface area (Å²) in [5.41, 5.74) is 8.84. The van der Waals surface area contributed by atoms with Crippen molar-refractivity contribution in [2.75, 3.05) is 0 Å². The van der Waals surface area contributed by atoms with Gasteiger partial charge in [0.05, 0.1) is 19.5 Å². The number of alkyl halides is 4. The molecule has 2 unspecified atom stereocenters. The Kier molecular flexibility index (Phi) is 7.55. The molecular weight excluding hydrogens is 746 g/mol. The zero-order chi connectivity index (χ0) is 37.1. The number of halogens is 4. The topological polar surface area (TPSA) is 98.1 Å². The second kappa shape index (κ2) is 11.7. The molecule has 3 aromatic heterocycles. The minimum absolute atomic E-state index is 0.470. The number of nitrogens with zero attached hydrogens (tertiary/aromatic N) is 7. The lowest BCUT2D eigenvalue weighted by Gasteiger charge is -2.09. The molecule has 1 N–H and O–H groups in total. The number of H-pyrrole nitrogens is 1. The Morgan fingerprint density at radius 1 is 0.415 bits per heavy atom. The van der Waals surface area contributed by atoms with Crippen LogP contribution in [0.3, 0.4) is 0 Å². The van der Waals surface area contributed by atoms with E-state index in [1.165, 1.54) is 0 Å². The minimum atomic E-state index is -0.718. The first-order valence-electron chi connectivity index (χ1n) is 17.1. The number of fused-ring (bicyclic) bond motifs is 18. The second-order valence-corrected chi connectivity index (χ2v) is 17.8. The summed E-state index contributed by atoms with van der Waals surface area (Å²) in [7, 11) is 1.94. The van der Waals surface area contributed by atoms with Crippen molar-refractivity contribution in [3.05, 3.63) is 118 Å². The molecule has 4 aliphatic carbocycles. The zero-order valence-electron chi connectivity index (χ0n) is 29.4. The number of aromatic amines is 1. The maximum Gasteiger partial charge on any atom is 0.164 e. The fourth-order valence-electron chi connectivity index (χ4n) is 6.84. The third-order valence-electron chi connectivity index (χ3n) is 9.88. The van der Waals surface area contributed by atoms with E-state index in [4.69, 9.17) is 76.3 Å². The molecule has 0 spiro atoms. The SMILES string of the molecule is Cn1c2nc3nc(nc4[nH]c(nc5nc(nc1c1c2C=CC(C)(Cl)C=C1)C1=C5C=CC(C)(Cl)C=C1)c1c4C=CC(C)(Cl)C=C1)C1=C3C=CC(C)(Cl)C=C1. The van der Waals surface area contributed by atoms with Crippen molar-refractivity contribution in [1.29, 1.82) is 0 Å². The highest BCUT2D eigenvalue weighted by molar-refractivity contribution is 6.28. The Bertz CT molecular complexity index is 2510. The Morgan fingerprint density at radius 3 is 1.04 bits per heavy atom. The maximum absolute atomic E-state index is 6.86. The van der Waals surface area contributed by atoms with Gasteiger partial charge in [-0.15, -0.1) is 46.4 Å². The van der Waals surface area contributed by atoms with Crippen molar-refractivity contribution in [2.24, 2.45) is 7.05 Å². The summed E-state index contributed by atoms with van der Waals surface area (Å²) < 4.78 is 1.96. The molecule has 0 fully saturated rings. The van der Waals surface area contributed by atoms with E-state index in [1.54, 1.807) is 0 Å². The number of hydrogen-bond donors (Lipinski definition) is 1. The summed E-state index contributed by atoms with van der Waals surface area (Å²) in [4.78, 5) is 31.6. The smallest absolute Gasteiger partial charge is 0.164 e. The van der Waals surface area contributed by atoms with E-state index in [1.807, 2.05) is 137 Å². The molecule has 264 valence electrons. The summed E-state index contributed by atoms with van der Waals surface area (Å²) in [5.74, 6) is 1.90. The van der Waals surface area contributed by atoms with Crippen LogP contribution in [0.5, 0.6) is 0 Å². The Hall–Kier alpha value is -4.60. The summed E-state index contributed by atoms with van der Waals surface area (Å²) in [6, 6.07) is 0. The van der Waals surface area contributed by atoms with Crippen molar-refractivity contribution < 1.29 is 0 Å². The van der Waals surface area contributed by atoms with E-state index < -0.39 is 19.5 Å². The van der Waals surface area contributed by atoms with Crippen LogP contribution in [0.1, 0.15) is 73.2 Å². The minimum Gasteiger partial charge on any atom is -0.324 e. The summed E-state index contributed by atoms with van der Waals surface area (Å²) in [5, 5.41) is 0. The van der Waals surface area contributed by atoms with Gasteiger partial charge >= 0.3 is 0 Å². The van der Waals surface area contributed by atoms with Crippen LogP contribution in [0.15, 0.2) is 72.9 Å². The van der Waals surface area contributed by atoms with E-state index in [0.29, 0.717) is 45.9 Å². The van der Waals surface area contributed by atoms with E-state index >= 15 is 0 Å². The molecule has 53 heavy (non-hydrogen) atoms. The maximum atomic E-state index is 6.86. The molecule has 0 radical (unpaired) electrons. The molecule has 8 bridgehead atoms. The highest BCUT2D eigenvalue weighted by atomic mass is 35.5. The monoisotopic (exact) mass is 776 g/mol. The molecule has 2 aliphatic heterocycles. The van der Waals surface area contributed by atoms with Gasteiger partial charge in [0.2, 0.25) is 0 Å². The lowest BCUT2D eigenvalue weighted by molar-refractivity contribution is 0.948. The predicted molar refractivity (Wildman–Crippen MR) is 220 cm³/mol. The molecule has 3 aromatic rings. The van der Waals surface area contributed by atoms with Gasteiger partial charge in [0.1, 0.15) is 22.6 Å². The normalized spacial score (nSPS) is 28.0. The number of aryl methyl sites for hydroxylation is 1. The van der Waals surface area contributed by atoms with E-state index in [9.17, 15) is 0 Å². The van der Waals surface area contributed by atoms with E-state index in [-0.39, 0.29) is 0 Å². The molecule has 6 aliphatic rings. The largest absolute Gasteiger partial charge is 0.324 e. The fraction of sp³-hybridized carbons (Fsp3) is 0.220. The molecule has 0 amide bonds. The van der Waals surface area contributed by atoms with Crippen LogP contribution >= 0.6 is 46.4 Å². The van der Waals surface area contributed by atoms with Crippen LogP contribution in [-0.4, -0.2) is 59.0 Å². The van der Waals surface area contributed by atoms with Crippen LogP contribution in [0.4, 0.5) is 0 Å². The molecule has 9 rings (SSSR count). The summed E-state index contributed by atoms with van der Waals surface area (Å²) in [6.07, 6.45) is 31.3. The number of nitrogens with one attached hydrogen (secondary N) is 1. The predicted octanol–water partition coefficient (Wildman–Crippen LogP) is 10.0. The molecule has 12 heteroatoms. The highest BCUT2D eigenvalue weighted by Gasteiger charge is 2.29. The van der Waals surface area contributed by atoms with E-state index in [2.05, 4.69) is 4.98 Å². The Morgan fingerprint density at radius 2 is 0.698 bits per heavy atom. The van der Waals surface area contributed by atoms with Gasteiger partial charge in [0.15, 0.2) is 23.3 Å². The van der Waals surface area contributed by atoms with Gasteiger partial charge in [0, 0.05) is 51.6 Å². The molecule has 5 heterocycles. The number of allylic oxidation sites excluding steroid dienone is 16. The van der Waals surface area contributed by atoms with Crippen LogP contribution in [0, 0.1) is 0 Å². The van der Waals surface area contributed by atoms with Crippen LogP contribution in [0.25, 0.3) is 69.2 Å². The number of rotatable bonds is 0. The van der Waals surface area contributed by atoms with Gasteiger partial charge in [-0.25, -0.2) is 29.9 Å². The van der Waals surface area contributed by atoms with Crippen LogP contribution in [-0.2, 0) is 7.05 Å². The number of aromatic nitrogens is 8. The van der Waals surface area contributed by atoms with Crippen molar-refractivity contribution in [1.82, 2.24) is 39.5 Å². The van der Waals surface area contributed by atoms with Gasteiger partial charge in [0.25, 0.3) is 0 Å². The van der Waals surface area contributed by atoms with Crippen molar-refractivity contribution in [3.8, 4) is 0 Å².